The van der Waals surface area contributed by atoms with Gasteiger partial charge in [-0.05, 0) is 56.1 Å². The lowest BCUT2D eigenvalue weighted by molar-refractivity contribution is 0.0755. The van der Waals surface area contributed by atoms with Crippen LogP contribution in [0.1, 0.15) is 41.0 Å². The minimum Gasteiger partial charge on any atom is -0.396 e. The lowest BCUT2D eigenvalue weighted by Gasteiger charge is -2.19. The molecule has 1 aromatic heterocycles. The molecule has 0 bridgehead atoms. The van der Waals surface area contributed by atoms with Gasteiger partial charge in [0.2, 0.25) is 0 Å². The molecule has 2 heterocycles. The maximum absolute atomic E-state index is 12.3. The normalized spacial score (nSPS) is 20.8. The molecule has 1 amide bonds. The fourth-order valence-corrected chi connectivity index (χ4v) is 3.01. The number of carbonyl (C=O) groups excluding carboxylic acids is 1. The Labute approximate surface area is 112 Å². The van der Waals surface area contributed by atoms with E-state index in [0.717, 1.165) is 43.6 Å². The highest BCUT2D eigenvalue weighted by Crippen LogP contribution is 2.21. The molecule has 1 aliphatic rings. The summed E-state index contributed by atoms with van der Waals surface area (Å²) in [6.07, 6.45) is 3.99. The monoisotopic (exact) mass is 268 g/mol. The Hall–Kier alpha value is -0.940. The average molecular weight is 268 g/mol. The van der Waals surface area contributed by atoms with E-state index >= 15 is 0 Å². The summed E-state index contributed by atoms with van der Waals surface area (Å²) in [5.41, 5.74) is 0.582. The van der Waals surface area contributed by atoms with Crippen LogP contribution in [0.2, 0.25) is 0 Å². The Kier molecular flexibility index (Phi) is 4.72. The van der Waals surface area contributed by atoms with Crippen LogP contribution in [0.5, 0.6) is 0 Å². The van der Waals surface area contributed by atoms with Crippen molar-refractivity contribution in [2.45, 2.75) is 32.6 Å². The van der Waals surface area contributed by atoms with Crippen LogP contribution in [0.3, 0.4) is 0 Å². The van der Waals surface area contributed by atoms with E-state index in [1.54, 1.807) is 0 Å². The summed E-state index contributed by atoms with van der Waals surface area (Å²) < 4.78 is 4.19. The van der Waals surface area contributed by atoms with Gasteiger partial charge in [-0.3, -0.25) is 4.79 Å². The van der Waals surface area contributed by atoms with E-state index in [2.05, 4.69) is 4.37 Å². The second kappa shape index (κ2) is 6.29. The molecular formula is C13H20N2O2S. The standard InChI is InChI=1S/C13H20N2O2S/c1-10-9-12(14-18-10)13(17)15-6-2-3-11(4-7-15)5-8-16/h9,11,16H,2-8H2,1H3. The van der Waals surface area contributed by atoms with Gasteiger partial charge in [-0.25, -0.2) is 0 Å². The Morgan fingerprint density at radius 2 is 2.39 bits per heavy atom. The van der Waals surface area contributed by atoms with Gasteiger partial charge in [0.25, 0.3) is 5.91 Å². The van der Waals surface area contributed by atoms with Crippen molar-refractivity contribution in [3.05, 3.63) is 16.6 Å². The van der Waals surface area contributed by atoms with Crippen LogP contribution in [-0.4, -0.2) is 40.0 Å². The second-order valence-electron chi connectivity index (χ2n) is 4.92. The molecule has 1 aliphatic heterocycles. The number of nitrogens with zero attached hydrogens (tertiary/aromatic N) is 2. The van der Waals surface area contributed by atoms with Crippen LogP contribution >= 0.6 is 11.5 Å². The third-order valence-electron chi connectivity index (χ3n) is 3.52. The Bertz CT molecular complexity index is 405. The number of carbonyl (C=O) groups is 1. The van der Waals surface area contributed by atoms with Gasteiger partial charge in [0.15, 0.2) is 0 Å². The maximum atomic E-state index is 12.3. The van der Waals surface area contributed by atoms with Crippen LogP contribution in [0, 0.1) is 12.8 Å². The summed E-state index contributed by atoms with van der Waals surface area (Å²) in [7, 11) is 0. The molecular weight excluding hydrogens is 248 g/mol. The molecule has 2 rings (SSSR count). The largest absolute Gasteiger partial charge is 0.396 e. The topological polar surface area (TPSA) is 53.4 Å². The smallest absolute Gasteiger partial charge is 0.273 e. The Morgan fingerprint density at radius 3 is 3.06 bits per heavy atom. The van der Waals surface area contributed by atoms with Gasteiger partial charge in [-0.15, -0.1) is 0 Å². The Balaban J connectivity index is 1.95. The summed E-state index contributed by atoms with van der Waals surface area (Å²) in [4.78, 5) is 15.2. The molecule has 0 aliphatic carbocycles. The van der Waals surface area contributed by atoms with Gasteiger partial charge >= 0.3 is 0 Å². The van der Waals surface area contributed by atoms with Gasteiger partial charge in [-0.1, -0.05) is 0 Å². The minimum atomic E-state index is 0.0593. The van der Waals surface area contributed by atoms with E-state index in [9.17, 15) is 4.79 Å². The van der Waals surface area contributed by atoms with Crippen molar-refractivity contribution < 1.29 is 9.90 Å². The first kappa shape index (κ1) is 13.5. The van der Waals surface area contributed by atoms with E-state index in [-0.39, 0.29) is 12.5 Å². The second-order valence-corrected chi connectivity index (χ2v) is 5.93. The van der Waals surface area contributed by atoms with Crippen LogP contribution < -0.4 is 0 Å². The molecule has 0 aromatic carbocycles. The first-order valence-electron chi connectivity index (χ1n) is 6.54. The van der Waals surface area contributed by atoms with E-state index in [1.165, 1.54) is 11.5 Å². The summed E-state index contributed by atoms with van der Waals surface area (Å²) in [5.74, 6) is 0.619. The lowest BCUT2D eigenvalue weighted by Crippen LogP contribution is -2.32. The number of aliphatic hydroxyl groups is 1. The first-order chi connectivity index (χ1) is 8.70. The van der Waals surface area contributed by atoms with Crippen molar-refractivity contribution in [3.63, 3.8) is 0 Å². The fourth-order valence-electron chi connectivity index (χ4n) is 2.47. The summed E-state index contributed by atoms with van der Waals surface area (Å²) in [6.45, 7) is 3.83. The zero-order chi connectivity index (χ0) is 13.0. The number of hydrogen-bond donors (Lipinski definition) is 1. The van der Waals surface area contributed by atoms with Crippen LogP contribution in [0.25, 0.3) is 0 Å². The maximum Gasteiger partial charge on any atom is 0.273 e. The van der Waals surface area contributed by atoms with Gasteiger partial charge in [0.05, 0.1) is 0 Å². The van der Waals surface area contributed by atoms with Crippen molar-refractivity contribution in [2.75, 3.05) is 19.7 Å². The molecule has 1 saturated heterocycles. The molecule has 1 N–H and O–H groups in total. The predicted octanol–water partition coefficient (Wildman–Crippen LogP) is 2.08. The van der Waals surface area contributed by atoms with Crippen LogP contribution in [-0.2, 0) is 0 Å². The first-order valence-corrected chi connectivity index (χ1v) is 7.31. The number of aromatic nitrogens is 1. The van der Waals surface area contributed by atoms with Crippen molar-refractivity contribution in [1.29, 1.82) is 0 Å². The van der Waals surface area contributed by atoms with Crippen molar-refractivity contribution in [3.8, 4) is 0 Å². The highest BCUT2D eigenvalue weighted by molar-refractivity contribution is 7.05. The van der Waals surface area contributed by atoms with Gasteiger partial charge < -0.3 is 10.0 Å². The molecule has 4 nitrogen and oxygen atoms in total. The number of rotatable bonds is 3. The molecule has 1 unspecified atom stereocenters. The van der Waals surface area contributed by atoms with E-state index in [0.29, 0.717) is 11.6 Å². The van der Waals surface area contributed by atoms with Crippen molar-refractivity contribution >= 4 is 17.4 Å². The van der Waals surface area contributed by atoms with E-state index in [1.807, 2.05) is 17.9 Å². The molecule has 18 heavy (non-hydrogen) atoms. The molecule has 5 heteroatoms. The minimum absolute atomic E-state index is 0.0593. The molecule has 1 fully saturated rings. The number of amides is 1. The van der Waals surface area contributed by atoms with Crippen LogP contribution in [0.4, 0.5) is 0 Å². The number of hydrogen-bond acceptors (Lipinski definition) is 4. The van der Waals surface area contributed by atoms with Crippen molar-refractivity contribution in [1.82, 2.24) is 9.27 Å². The summed E-state index contributed by atoms with van der Waals surface area (Å²) in [5, 5.41) is 8.98. The van der Waals surface area contributed by atoms with Gasteiger partial charge in [-0.2, -0.15) is 4.37 Å². The highest BCUT2D eigenvalue weighted by atomic mass is 32.1. The Morgan fingerprint density at radius 1 is 1.56 bits per heavy atom. The van der Waals surface area contributed by atoms with Crippen molar-refractivity contribution in [2.24, 2.45) is 5.92 Å². The lowest BCUT2D eigenvalue weighted by atomic mass is 9.98. The predicted molar refractivity (Wildman–Crippen MR) is 71.8 cm³/mol. The molecule has 1 atom stereocenters. The zero-order valence-electron chi connectivity index (χ0n) is 10.8. The third kappa shape index (κ3) is 3.29. The van der Waals surface area contributed by atoms with Gasteiger partial charge in [0, 0.05) is 24.6 Å². The molecule has 1 aromatic rings. The SMILES string of the molecule is Cc1cc(C(=O)N2CCCC(CCO)CC2)ns1. The molecule has 0 spiro atoms. The third-order valence-corrected chi connectivity index (χ3v) is 4.21. The zero-order valence-corrected chi connectivity index (χ0v) is 11.6. The molecule has 0 saturated carbocycles. The fraction of sp³-hybridized carbons (Fsp3) is 0.692. The summed E-state index contributed by atoms with van der Waals surface area (Å²) in [6, 6.07) is 1.86. The van der Waals surface area contributed by atoms with E-state index in [4.69, 9.17) is 5.11 Å². The van der Waals surface area contributed by atoms with Gasteiger partial charge in [0.1, 0.15) is 5.69 Å². The van der Waals surface area contributed by atoms with Crippen LogP contribution in [0.15, 0.2) is 6.07 Å². The molecule has 0 radical (unpaired) electrons. The number of aliphatic hydroxyl groups excluding tert-OH is 1. The number of aryl methyl sites for hydroxylation is 1. The molecule has 100 valence electrons. The number of likely N-dealkylation sites (tertiary alicyclic amines) is 1. The van der Waals surface area contributed by atoms with E-state index < -0.39 is 0 Å². The quantitative estimate of drug-likeness (QED) is 0.913. The highest BCUT2D eigenvalue weighted by Gasteiger charge is 2.22. The average Bonchev–Trinajstić information content (AvgIpc) is 2.65. The summed E-state index contributed by atoms with van der Waals surface area (Å²) >= 11 is 1.38.